The second kappa shape index (κ2) is 8.29. The summed E-state index contributed by atoms with van der Waals surface area (Å²) in [4.78, 5) is 24.8. The van der Waals surface area contributed by atoms with Crippen LogP contribution in [0.15, 0.2) is 24.3 Å². The first-order valence-corrected chi connectivity index (χ1v) is 8.42. The topological polar surface area (TPSA) is 78.4 Å². The molecule has 0 radical (unpaired) electrons. The molecule has 0 bridgehead atoms. The van der Waals surface area contributed by atoms with Gasteiger partial charge in [-0.05, 0) is 37.8 Å². The highest BCUT2D eigenvalue weighted by molar-refractivity contribution is 5.97. The van der Waals surface area contributed by atoms with Gasteiger partial charge in [0.05, 0.1) is 5.60 Å². The van der Waals surface area contributed by atoms with E-state index in [-0.39, 0.29) is 30.2 Å². The summed E-state index contributed by atoms with van der Waals surface area (Å²) in [5.74, 6) is -0.619. The molecular weight excluding hydrogens is 304 g/mol. The van der Waals surface area contributed by atoms with Crippen molar-refractivity contribution in [1.29, 1.82) is 0 Å². The predicted octanol–water partition coefficient (Wildman–Crippen LogP) is 2.27. The Morgan fingerprint density at radius 1 is 1.12 bits per heavy atom. The van der Waals surface area contributed by atoms with Gasteiger partial charge in [-0.15, -0.1) is 0 Å². The molecule has 5 nitrogen and oxygen atoms in total. The number of aryl methyl sites for hydroxylation is 1. The second-order valence-electron chi connectivity index (χ2n) is 7.29. The van der Waals surface area contributed by atoms with Crippen molar-refractivity contribution in [3.8, 4) is 0 Å². The maximum Gasteiger partial charge on any atom is 0.251 e. The van der Waals surface area contributed by atoms with E-state index in [1.54, 1.807) is 19.1 Å². The van der Waals surface area contributed by atoms with Crippen LogP contribution in [0, 0.1) is 18.8 Å². The van der Waals surface area contributed by atoms with Crippen molar-refractivity contribution in [2.45, 2.75) is 53.2 Å². The number of aliphatic hydroxyl groups is 1. The van der Waals surface area contributed by atoms with Crippen molar-refractivity contribution >= 4 is 11.8 Å². The zero-order valence-electron chi connectivity index (χ0n) is 15.5. The molecule has 1 rings (SSSR count). The van der Waals surface area contributed by atoms with E-state index in [4.69, 9.17) is 0 Å². The van der Waals surface area contributed by atoms with Crippen LogP contribution in [0.25, 0.3) is 0 Å². The SMILES string of the molecule is Cc1ccc(C(=O)NC(C(=O)NCC(C)(O)C(C)C)C(C)C)cc1. The van der Waals surface area contributed by atoms with Crippen LogP contribution in [0.3, 0.4) is 0 Å². The summed E-state index contributed by atoms with van der Waals surface area (Å²) in [6, 6.07) is 6.55. The van der Waals surface area contributed by atoms with E-state index in [0.717, 1.165) is 5.56 Å². The van der Waals surface area contributed by atoms with E-state index in [0.29, 0.717) is 5.56 Å². The Kier molecular flexibility index (Phi) is 6.96. The molecular formula is C19H30N2O3. The van der Waals surface area contributed by atoms with Gasteiger partial charge in [-0.2, -0.15) is 0 Å². The molecule has 0 aromatic heterocycles. The number of benzene rings is 1. The number of rotatable bonds is 7. The average molecular weight is 334 g/mol. The normalized spacial score (nSPS) is 15.0. The minimum atomic E-state index is -0.988. The van der Waals surface area contributed by atoms with Gasteiger partial charge in [-0.1, -0.05) is 45.4 Å². The molecule has 0 aliphatic carbocycles. The zero-order chi connectivity index (χ0) is 18.5. The van der Waals surface area contributed by atoms with E-state index < -0.39 is 11.6 Å². The fourth-order valence-electron chi connectivity index (χ4n) is 2.04. The number of hydrogen-bond donors (Lipinski definition) is 3. The molecule has 3 N–H and O–H groups in total. The molecule has 2 unspecified atom stereocenters. The summed E-state index contributed by atoms with van der Waals surface area (Å²) in [6.07, 6.45) is 0. The molecule has 2 amide bonds. The monoisotopic (exact) mass is 334 g/mol. The smallest absolute Gasteiger partial charge is 0.251 e. The Labute approximate surface area is 144 Å². The fourth-order valence-corrected chi connectivity index (χ4v) is 2.04. The molecule has 0 fully saturated rings. The van der Waals surface area contributed by atoms with Crippen LogP contribution in [0.1, 0.15) is 50.5 Å². The molecule has 2 atom stereocenters. The van der Waals surface area contributed by atoms with E-state index in [2.05, 4.69) is 10.6 Å². The molecule has 0 heterocycles. The van der Waals surface area contributed by atoms with Gasteiger partial charge in [-0.3, -0.25) is 9.59 Å². The van der Waals surface area contributed by atoms with Gasteiger partial charge in [0.25, 0.3) is 5.91 Å². The Morgan fingerprint density at radius 3 is 2.12 bits per heavy atom. The third-order valence-corrected chi connectivity index (χ3v) is 4.41. The number of hydrogen-bond acceptors (Lipinski definition) is 3. The molecule has 0 saturated carbocycles. The lowest BCUT2D eigenvalue weighted by Gasteiger charge is -2.29. The molecule has 0 aliphatic rings. The van der Waals surface area contributed by atoms with Gasteiger partial charge in [0.15, 0.2) is 0 Å². The Balaban J connectivity index is 2.74. The summed E-state index contributed by atoms with van der Waals surface area (Å²) in [6.45, 7) is 11.3. The largest absolute Gasteiger partial charge is 0.388 e. The molecule has 1 aromatic rings. The predicted molar refractivity (Wildman–Crippen MR) is 95.7 cm³/mol. The summed E-state index contributed by atoms with van der Waals surface area (Å²) >= 11 is 0. The molecule has 1 aromatic carbocycles. The minimum Gasteiger partial charge on any atom is -0.388 e. The van der Waals surface area contributed by atoms with Crippen molar-refractivity contribution < 1.29 is 14.7 Å². The lowest BCUT2D eigenvalue weighted by Crippen LogP contribution is -2.53. The summed E-state index contributed by atoms with van der Waals surface area (Å²) in [7, 11) is 0. The highest BCUT2D eigenvalue weighted by Crippen LogP contribution is 2.15. The highest BCUT2D eigenvalue weighted by Gasteiger charge is 2.29. The highest BCUT2D eigenvalue weighted by atomic mass is 16.3. The quantitative estimate of drug-likeness (QED) is 0.716. The van der Waals surface area contributed by atoms with Gasteiger partial charge in [0, 0.05) is 12.1 Å². The van der Waals surface area contributed by atoms with Crippen LogP contribution in [-0.4, -0.2) is 35.1 Å². The molecule has 0 spiro atoms. The van der Waals surface area contributed by atoms with Crippen LogP contribution in [0.4, 0.5) is 0 Å². The number of carbonyl (C=O) groups excluding carboxylic acids is 2. The van der Waals surface area contributed by atoms with Crippen LogP contribution in [0.5, 0.6) is 0 Å². The molecule has 134 valence electrons. The van der Waals surface area contributed by atoms with Gasteiger partial charge in [0.1, 0.15) is 6.04 Å². The zero-order valence-corrected chi connectivity index (χ0v) is 15.5. The maximum atomic E-state index is 12.4. The number of carbonyl (C=O) groups is 2. The van der Waals surface area contributed by atoms with Crippen molar-refractivity contribution in [2.75, 3.05) is 6.54 Å². The molecule has 0 aliphatic heterocycles. The lowest BCUT2D eigenvalue weighted by molar-refractivity contribution is -0.125. The van der Waals surface area contributed by atoms with E-state index in [9.17, 15) is 14.7 Å². The second-order valence-corrected chi connectivity index (χ2v) is 7.29. The Hall–Kier alpha value is -1.88. The van der Waals surface area contributed by atoms with Gasteiger partial charge in [-0.25, -0.2) is 0 Å². The standard InChI is InChI=1S/C19H30N2O3/c1-12(2)16(18(23)20-11-19(6,24)13(3)4)21-17(22)15-9-7-14(5)8-10-15/h7-10,12-13,16,24H,11H2,1-6H3,(H,20,23)(H,21,22). The van der Waals surface area contributed by atoms with Gasteiger partial charge >= 0.3 is 0 Å². The van der Waals surface area contributed by atoms with E-state index in [1.165, 1.54) is 0 Å². The minimum absolute atomic E-state index is 0.0115. The average Bonchev–Trinajstić information content (AvgIpc) is 2.50. The summed E-state index contributed by atoms with van der Waals surface area (Å²) < 4.78 is 0. The van der Waals surface area contributed by atoms with Gasteiger partial charge < -0.3 is 15.7 Å². The third kappa shape index (κ3) is 5.64. The van der Waals surface area contributed by atoms with Crippen LogP contribution < -0.4 is 10.6 Å². The number of nitrogens with one attached hydrogen (secondary N) is 2. The fraction of sp³-hybridized carbons (Fsp3) is 0.579. The van der Waals surface area contributed by atoms with Crippen LogP contribution in [0.2, 0.25) is 0 Å². The Morgan fingerprint density at radius 2 is 1.67 bits per heavy atom. The van der Waals surface area contributed by atoms with Crippen LogP contribution >= 0.6 is 0 Å². The lowest BCUT2D eigenvalue weighted by atomic mass is 9.92. The van der Waals surface area contributed by atoms with Gasteiger partial charge in [0.2, 0.25) is 5.91 Å². The third-order valence-electron chi connectivity index (χ3n) is 4.41. The van der Waals surface area contributed by atoms with Crippen molar-refractivity contribution in [3.05, 3.63) is 35.4 Å². The first-order chi connectivity index (χ1) is 11.0. The van der Waals surface area contributed by atoms with Crippen LogP contribution in [-0.2, 0) is 4.79 Å². The van der Waals surface area contributed by atoms with Crippen molar-refractivity contribution in [1.82, 2.24) is 10.6 Å². The first-order valence-electron chi connectivity index (χ1n) is 8.42. The summed E-state index contributed by atoms with van der Waals surface area (Å²) in [5.41, 5.74) is 0.604. The number of amides is 2. The van der Waals surface area contributed by atoms with E-state index >= 15 is 0 Å². The summed E-state index contributed by atoms with van der Waals surface area (Å²) in [5, 5.41) is 15.8. The van der Waals surface area contributed by atoms with E-state index in [1.807, 2.05) is 46.8 Å². The molecule has 0 saturated heterocycles. The Bertz CT molecular complexity index is 562. The van der Waals surface area contributed by atoms with Crippen molar-refractivity contribution in [3.63, 3.8) is 0 Å². The molecule has 24 heavy (non-hydrogen) atoms. The maximum absolute atomic E-state index is 12.4. The first kappa shape index (κ1) is 20.2. The van der Waals surface area contributed by atoms with Crippen molar-refractivity contribution in [2.24, 2.45) is 11.8 Å². The molecule has 5 heteroatoms.